The zero-order valence-corrected chi connectivity index (χ0v) is 12.7. The molecule has 0 bridgehead atoms. The molecule has 0 saturated heterocycles. The van der Waals surface area contributed by atoms with Crippen LogP contribution in [0.1, 0.15) is 11.1 Å². The molecule has 0 unspecified atom stereocenters. The average molecular weight is 302 g/mol. The van der Waals surface area contributed by atoms with Gasteiger partial charge in [0.2, 0.25) is 0 Å². The van der Waals surface area contributed by atoms with Crippen molar-refractivity contribution in [1.82, 2.24) is 0 Å². The first-order valence-corrected chi connectivity index (χ1v) is 6.95. The highest BCUT2D eigenvalue weighted by atomic mass is 16.5. The molecule has 5 heteroatoms. The largest absolute Gasteiger partial charge is 0.497 e. The van der Waals surface area contributed by atoms with Crippen LogP contribution in [0.4, 0.5) is 4.79 Å². The number of amides is 1. The Labute approximate surface area is 130 Å². The fraction of sp³-hybridized carbons (Fsp3) is 0.235. The minimum Gasteiger partial charge on any atom is -0.497 e. The maximum atomic E-state index is 10.2. The minimum absolute atomic E-state index is 0.246. The highest BCUT2D eigenvalue weighted by molar-refractivity contribution is 5.64. The number of rotatable bonds is 5. The summed E-state index contributed by atoms with van der Waals surface area (Å²) in [6.07, 6.45) is 0.193. The van der Waals surface area contributed by atoms with Crippen LogP contribution in [0.5, 0.6) is 5.75 Å². The van der Waals surface area contributed by atoms with Crippen molar-refractivity contribution < 1.29 is 14.3 Å². The van der Waals surface area contributed by atoms with E-state index in [2.05, 4.69) is 4.74 Å². The molecule has 0 aliphatic carbocycles. The van der Waals surface area contributed by atoms with Crippen molar-refractivity contribution >= 4 is 6.09 Å². The molecule has 0 aromatic heterocycles. The molecular weight excluding hydrogens is 280 g/mol. The van der Waals surface area contributed by atoms with Gasteiger partial charge in [0.05, 0.1) is 7.11 Å². The first-order chi connectivity index (χ1) is 10.7. The zero-order valence-electron chi connectivity index (χ0n) is 12.7. The van der Waals surface area contributed by atoms with Gasteiger partial charge in [0.15, 0.2) is 0 Å². The first-order valence-electron chi connectivity index (χ1n) is 6.95. The number of primary amides is 1. The van der Waals surface area contributed by atoms with Gasteiger partial charge in [0.25, 0.3) is 0 Å². The summed E-state index contributed by atoms with van der Waals surface area (Å²) in [7, 11) is 1.66. The van der Waals surface area contributed by atoms with Crippen molar-refractivity contribution in [3.63, 3.8) is 0 Å². The normalized spacial score (nSPS) is 9.36. The van der Waals surface area contributed by atoms with Crippen molar-refractivity contribution in [2.45, 2.75) is 13.0 Å². The Morgan fingerprint density at radius 3 is 2.14 bits per heavy atom. The molecular formula is C17H22N2O3. The molecule has 0 radical (unpaired) electrons. The summed E-state index contributed by atoms with van der Waals surface area (Å²) in [5.74, 6) is 0.894. The van der Waals surface area contributed by atoms with Crippen molar-refractivity contribution in [3.8, 4) is 5.75 Å². The Morgan fingerprint density at radius 2 is 1.64 bits per heavy atom. The molecule has 0 heterocycles. The van der Waals surface area contributed by atoms with Crippen LogP contribution < -0.4 is 16.2 Å². The van der Waals surface area contributed by atoms with E-state index in [1.165, 1.54) is 5.56 Å². The maximum Gasteiger partial charge on any atom is 0.404 e. The Morgan fingerprint density at radius 1 is 1.00 bits per heavy atom. The number of benzene rings is 2. The Kier molecular flexibility index (Phi) is 8.15. The zero-order chi connectivity index (χ0) is 16.2. The van der Waals surface area contributed by atoms with Crippen LogP contribution in [0.15, 0.2) is 54.6 Å². The number of nitrogens with two attached hydrogens (primary N) is 2. The second-order valence-corrected chi connectivity index (χ2v) is 4.48. The summed E-state index contributed by atoms with van der Waals surface area (Å²) in [6.45, 7) is 0.947. The van der Waals surface area contributed by atoms with E-state index < -0.39 is 6.09 Å². The van der Waals surface area contributed by atoms with Crippen LogP contribution in [0.2, 0.25) is 0 Å². The van der Waals surface area contributed by atoms with Gasteiger partial charge in [-0.15, -0.1) is 0 Å². The quantitative estimate of drug-likeness (QED) is 0.888. The van der Waals surface area contributed by atoms with Crippen LogP contribution in [-0.4, -0.2) is 19.7 Å². The average Bonchev–Trinajstić information content (AvgIpc) is 2.55. The molecule has 0 aliphatic heterocycles. The monoisotopic (exact) mass is 302 g/mol. The van der Waals surface area contributed by atoms with Crippen molar-refractivity contribution in [3.05, 3.63) is 65.7 Å². The van der Waals surface area contributed by atoms with Gasteiger partial charge in [0.1, 0.15) is 12.4 Å². The summed E-state index contributed by atoms with van der Waals surface area (Å²) in [5.41, 5.74) is 12.4. The lowest BCUT2D eigenvalue weighted by Crippen LogP contribution is -2.12. The lowest BCUT2D eigenvalue weighted by Gasteiger charge is -2.00. The Hall–Kier alpha value is -2.53. The smallest absolute Gasteiger partial charge is 0.404 e. The Bertz CT molecular complexity index is 542. The van der Waals surface area contributed by atoms with E-state index in [9.17, 15) is 4.79 Å². The number of ether oxygens (including phenoxy) is 2. The standard InChI is InChI=1S/C9H13NO.C8H9NO2/c1-11-9-4-2-8(3-5-9)6-7-10;9-8(10)11-6-7-4-2-1-3-5-7/h2-5H,6-7,10H2,1H3;1-5H,6H2,(H2,9,10). The predicted octanol–water partition coefficient (Wildman–Crippen LogP) is 2.48. The number of hydrogen-bond acceptors (Lipinski definition) is 4. The molecule has 2 aromatic rings. The van der Waals surface area contributed by atoms with E-state index in [-0.39, 0.29) is 6.61 Å². The van der Waals surface area contributed by atoms with E-state index >= 15 is 0 Å². The number of methoxy groups -OCH3 is 1. The molecule has 22 heavy (non-hydrogen) atoms. The maximum absolute atomic E-state index is 10.2. The molecule has 118 valence electrons. The lowest BCUT2D eigenvalue weighted by atomic mass is 10.1. The fourth-order valence-electron chi connectivity index (χ4n) is 1.69. The molecule has 0 spiro atoms. The Balaban J connectivity index is 0.000000220. The van der Waals surface area contributed by atoms with Crippen molar-refractivity contribution in [2.24, 2.45) is 11.5 Å². The first kappa shape index (κ1) is 17.5. The number of hydrogen-bond donors (Lipinski definition) is 2. The van der Waals surface area contributed by atoms with Gasteiger partial charge in [0, 0.05) is 0 Å². The van der Waals surface area contributed by atoms with E-state index in [4.69, 9.17) is 16.2 Å². The summed E-state index contributed by atoms with van der Waals surface area (Å²) in [4.78, 5) is 10.2. The third kappa shape index (κ3) is 7.31. The highest BCUT2D eigenvalue weighted by Crippen LogP contribution is 2.10. The fourth-order valence-corrected chi connectivity index (χ4v) is 1.69. The molecule has 0 atom stereocenters. The molecule has 1 amide bonds. The van der Waals surface area contributed by atoms with Gasteiger partial charge in [-0.3, -0.25) is 0 Å². The van der Waals surface area contributed by atoms with Crippen LogP contribution >= 0.6 is 0 Å². The third-order valence-electron chi connectivity index (χ3n) is 2.82. The SMILES string of the molecule is COc1ccc(CCN)cc1.NC(=O)OCc1ccccc1. The second-order valence-electron chi connectivity index (χ2n) is 4.48. The van der Waals surface area contributed by atoms with Crippen LogP contribution in [0.3, 0.4) is 0 Å². The van der Waals surface area contributed by atoms with Gasteiger partial charge in [-0.1, -0.05) is 42.5 Å². The topological polar surface area (TPSA) is 87.6 Å². The molecule has 0 fully saturated rings. The predicted molar refractivity (Wildman–Crippen MR) is 86.6 cm³/mol. The van der Waals surface area contributed by atoms with E-state index in [0.717, 1.165) is 17.7 Å². The molecule has 4 N–H and O–H groups in total. The van der Waals surface area contributed by atoms with E-state index in [1.54, 1.807) is 7.11 Å². The van der Waals surface area contributed by atoms with Gasteiger partial charge >= 0.3 is 6.09 Å². The van der Waals surface area contributed by atoms with Crippen molar-refractivity contribution in [2.75, 3.05) is 13.7 Å². The molecule has 5 nitrogen and oxygen atoms in total. The third-order valence-corrected chi connectivity index (χ3v) is 2.82. The summed E-state index contributed by atoms with van der Waals surface area (Å²) in [6, 6.07) is 17.3. The number of carbonyl (C=O) groups is 1. The van der Waals surface area contributed by atoms with E-state index in [1.807, 2.05) is 54.6 Å². The minimum atomic E-state index is -0.742. The van der Waals surface area contributed by atoms with Crippen molar-refractivity contribution in [1.29, 1.82) is 0 Å². The molecule has 2 aromatic carbocycles. The van der Waals surface area contributed by atoms with Crippen LogP contribution in [0, 0.1) is 0 Å². The number of carbonyl (C=O) groups excluding carboxylic acids is 1. The van der Waals surface area contributed by atoms with E-state index in [0.29, 0.717) is 6.54 Å². The summed E-state index contributed by atoms with van der Waals surface area (Å²) >= 11 is 0. The molecule has 0 saturated carbocycles. The van der Waals surface area contributed by atoms with Gasteiger partial charge in [-0.2, -0.15) is 0 Å². The second kappa shape index (κ2) is 10.2. The van der Waals surface area contributed by atoms with Crippen LogP contribution in [-0.2, 0) is 17.8 Å². The summed E-state index contributed by atoms with van der Waals surface area (Å²) in [5, 5.41) is 0. The van der Waals surface area contributed by atoms with Gasteiger partial charge in [-0.25, -0.2) is 4.79 Å². The lowest BCUT2D eigenvalue weighted by molar-refractivity contribution is 0.150. The van der Waals surface area contributed by atoms with Gasteiger partial charge < -0.3 is 20.9 Å². The summed E-state index contributed by atoms with van der Waals surface area (Å²) < 4.78 is 9.58. The molecule has 0 aliphatic rings. The van der Waals surface area contributed by atoms with Gasteiger partial charge in [-0.05, 0) is 36.2 Å². The molecule has 2 rings (SSSR count). The van der Waals surface area contributed by atoms with Crippen LogP contribution in [0.25, 0.3) is 0 Å². The highest BCUT2D eigenvalue weighted by Gasteiger charge is 1.94.